The number of ether oxygens (including phenoxy) is 3. The van der Waals surface area contributed by atoms with Crippen molar-refractivity contribution in [2.45, 2.75) is 18.9 Å². The van der Waals surface area contributed by atoms with Crippen molar-refractivity contribution in [2.24, 2.45) is 0 Å². The minimum absolute atomic E-state index is 0.190. The van der Waals surface area contributed by atoms with Gasteiger partial charge in [0, 0.05) is 12.1 Å². The normalized spacial score (nSPS) is 15.5. The lowest BCUT2D eigenvalue weighted by Gasteiger charge is -2.37. The van der Waals surface area contributed by atoms with Crippen molar-refractivity contribution in [1.82, 2.24) is 4.90 Å². The molecule has 2 aromatic rings. The maximum absolute atomic E-state index is 13.1. The van der Waals surface area contributed by atoms with Gasteiger partial charge in [-0.05, 0) is 53.9 Å². The molecule has 1 atom stereocenters. The van der Waals surface area contributed by atoms with Crippen LogP contribution < -0.4 is 14.2 Å². The van der Waals surface area contributed by atoms with Crippen molar-refractivity contribution in [3.63, 3.8) is 0 Å². The van der Waals surface area contributed by atoms with E-state index >= 15 is 0 Å². The molecule has 1 aliphatic heterocycles. The molecule has 0 saturated heterocycles. The van der Waals surface area contributed by atoms with Gasteiger partial charge in [-0.2, -0.15) is 0 Å². The lowest BCUT2D eigenvalue weighted by molar-refractivity contribution is -0.138. The molecular weight excluding hydrogens is 362 g/mol. The van der Waals surface area contributed by atoms with E-state index in [4.69, 9.17) is 14.2 Å². The van der Waals surface area contributed by atoms with Crippen molar-refractivity contribution in [2.75, 3.05) is 27.9 Å². The van der Waals surface area contributed by atoms with Crippen LogP contribution >= 0.6 is 0 Å². The SMILES string of the molecule is COc1ccc(C(=O)N2CCc3cc(OC)c(OC)cc3C2CC(=O)O)cc1. The molecule has 1 N–H and O–H groups in total. The summed E-state index contributed by atoms with van der Waals surface area (Å²) in [7, 11) is 4.64. The first-order valence-electron chi connectivity index (χ1n) is 8.90. The lowest BCUT2D eigenvalue weighted by atomic mass is 9.89. The van der Waals surface area contributed by atoms with Crippen LogP contribution in [0.1, 0.15) is 33.9 Å². The van der Waals surface area contributed by atoms with Crippen LogP contribution in [-0.2, 0) is 11.2 Å². The van der Waals surface area contributed by atoms with Gasteiger partial charge in [0.25, 0.3) is 5.91 Å². The molecule has 1 unspecified atom stereocenters. The number of carbonyl (C=O) groups excluding carboxylic acids is 1. The summed E-state index contributed by atoms with van der Waals surface area (Å²) in [5.41, 5.74) is 2.22. The summed E-state index contributed by atoms with van der Waals surface area (Å²) in [6.07, 6.45) is 0.415. The van der Waals surface area contributed by atoms with E-state index < -0.39 is 12.0 Å². The number of hydrogen-bond acceptors (Lipinski definition) is 5. The van der Waals surface area contributed by atoms with E-state index in [1.807, 2.05) is 6.07 Å². The minimum atomic E-state index is -0.972. The largest absolute Gasteiger partial charge is 0.497 e. The minimum Gasteiger partial charge on any atom is -0.497 e. The molecule has 1 heterocycles. The first kappa shape index (κ1) is 19.5. The number of benzene rings is 2. The molecule has 0 bridgehead atoms. The first-order chi connectivity index (χ1) is 13.5. The average molecular weight is 385 g/mol. The smallest absolute Gasteiger partial charge is 0.305 e. The second kappa shape index (κ2) is 8.21. The Morgan fingerprint density at radius 2 is 1.68 bits per heavy atom. The molecule has 1 amide bonds. The molecule has 3 rings (SSSR count). The van der Waals surface area contributed by atoms with Gasteiger partial charge in [0.2, 0.25) is 0 Å². The summed E-state index contributed by atoms with van der Waals surface area (Å²) in [5.74, 6) is 0.564. The molecule has 148 valence electrons. The van der Waals surface area contributed by atoms with Crippen LogP contribution in [0.25, 0.3) is 0 Å². The summed E-state index contributed by atoms with van der Waals surface area (Å²) in [5, 5.41) is 9.45. The van der Waals surface area contributed by atoms with Crippen molar-refractivity contribution < 1.29 is 28.9 Å². The zero-order valence-electron chi connectivity index (χ0n) is 16.1. The standard InChI is InChI=1S/C21H23NO6/c1-26-15-6-4-13(5-7-15)21(25)22-9-8-14-10-18(27-2)19(28-3)11-16(14)17(22)12-20(23)24/h4-7,10-11,17H,8-9,12H2,1-3H3,(H,23,24). The molecule has 0 radical (unpaired) electrons. The molecular formula is C21H23NO6. The Balaban J connectivity index is 2.00. The third-order valence-corrected chi connectivity index (χ3v) is 4.97. The Labute approximate surface area is 163 Å². The lowest BCUT2D eigenvalue weighted by Crippen LogP contribution is -2.41. The van der Waals surface area contributed by atoms with Gasteiger partial charge in [-0.25, -0.2) is 0 Å². The third-order valence-electron chi connectivity index (χ3n) is 4.97. The molecule has 0 aromatic heterocycles. The van der Waals surface area contributed by atoms with E-state index in [9.17, 15) is 14.7 Å². The monoisotopic (exact) mass is 385 g/mol. The maximum atomic E-state index is 13.1. The number of nitrogens with zero attached hydrogens (tertiary/aromatic N) is 1. The third kappa shape index (κ3) is 3.74. The van der Waals surface area contributed by atoms with Gasteiger partial charge >= 0.3 is 5.97 Å². The first-order valence-corrected chi connectivity index (χ1v) is 8.90. The predicted molar refractivity (Wildman–Crippen MR) is 102 cm³/mol. The van der Waals surface area contributed by atoms with Crippen molar-refractivity contribution >= 4 is 11.9 Å². The fraction of sp³-hybridized carbons (Fsp3) is 0.333. The Bertz CT molecular complexity index is 877. The molecule has 0 aliphatic carbocycles. The number of carboxylic acid groups (broad SMARTS) is 1. The van der Waals surface area contributed by atoms with Crippen LogP contribution in [-0.4, -0.2) is 49.8 Å². The van der Waals surface area contributed by atoms with Crippen LogP contribution in [0, 0.1) is 0 Å². The Morgan fingerprint density at radius 1 is 1.04 bits per heavy atom. The Hall–Kier alpha value is -3.22. The van der Waals surface area contributed by atoms with Crippen LogP contribution in [0.2, 0.25) is 0 Å². The molecule has 0 fully saturated rings. The molecule has 2 aromatic carbocycles. The fourth-order valence-electron chi connectivity index (χ4n) is 3.56. The van der Waals surface area contributed by atoms with E-state index in [0.29, 0.717) is 35.8 Å². The number of fused-ring (bicyclic) bond motifs is 1. The zero-order valence-corrected chi connectivity index (χ0v) is 16.1. The fourth-order valence-corrected chi connectivity index (χ4v) is 3.56. The van der Waals surface area contributed by atoms with Gasteiger partial charge in [-0.3, -0.25) is 9.59 Å². The summed E-state index contributed by atoms with van der Waals surface area (Å²) < 4.78 is 15.9. The quantitative estimate of drug-likeness (QED) is 0.823. The Kier molecular flexibility index (Phi) is 5.73. The van der Waals surface area contributed by atoms with Crippen molar-refractivity contribution in [3.8, 4) is 17.2 Å². The number of carboxylic acids is 1. The number of aliphatic carboxylic acids is 1. The number of rotatable bonds is 6. The molecule has 0 saturated carbocycles. The van der Waals surface area contributed by atoms with E-state index in [0.717, 1.165) is 11.1 Å². The highest BCUT2D eigenvalue weighted by molar-refractivity contribution is 5.95. The Morgan fingerprint density at radius 3 is 2.25 bits per heavy atom. The van der Waals surface area contributed by atoms with Gasteiger partial charge < -0.3 is 24.2 Å². The van der Waals surface area contributed by atoms with Crippen molar-refractivity contribution in [1.29, 1.82) is 0 Å². The predicted octanol–water partition coefficient (Wildman–Crippen LogP) is 2.93. The van der Waals surface area contributed by atoms with E-state index in [1.165, 1.54) is 7.11 Å². The molecule has 0 spiro atoms. The highest BCUT2D eigenvalue weighted by atomic mass is 16.5. The number of hydrogen-bond donors (Lipinski definition) is 1. The number of carbonyl (C=O) groups is 2. The van der Waals surface area contributed by atoms with Crippen LogP contribution in [0.4, 0.5) is 0 Å². The highest BCUT2D eigenvalue weighted by Crippen LogP contribution is 2.40. The molecule has 28 heavy (non-hydrogen) atoms. The van der Waals surface area contributed by atoms with Gasteiger partial charge in [-0.15, -0.1) is 0 Å². The number of amides is 1. The molecule has 1 aliphatic rings. The van der Waals surface area contributed by atoms with Crippen LogP contribution in [0.3, 0.4) is 0 Å². The second-order valence-electron chi connectivity index (χ2n) is 6.50. The maximum Gasteiger partial charge on any atom is 0.305 e. The van der Waals surface area contributed by atoms with E-state index in [2.05, 4.69) is 0 Å². The number of methoxy groups -OCH3 is 3. The highest BCUT2D eigenvalue weighted by Gasteiger charge is 2.34. The van der Waals surface area contributed by atoms with E-state index in [1.54, 1.807) is 49.5 Å². The van der Waals surface area contributed by atoms with Crippen LogP contribution in [0.5, 0.6) is 17.2 Å². The molecule has 7 heteroatoms. The average Bonchev–Trinajstić information content (AvgIpc) is 2.72. The van der Waals surface area contributed by atoms with Crippen LogP contribution in [0.15, 0.2) is 36.4 Å². The zero-order chi connectivity index (χ0) is 20.3. The summed E-state index contributed by atoms with van der Waals surface area (Å²) in [4.78, 5) is 26.3. The van der Waals surface area contributed by atoms with Gasteiger partial charge in [0.05, 0.1) is 33.8 Å². The van der Waals surface area contributed by atoms with Gasteiger partial charge in [-0.1, -0.05) is 0 Å². The van der Waals surface area contributed by atoms with E-state index in [-0.39, 0.29) is 12.3 Å². The van der Waals surface area contributed by atoms with Gasteiger partial charge in [0.15, 0.2) is 11.5 Å². The van der Waals surface area contributed by atoms with Crippen molar-refractivity contribution in [3.05, 3.63) is 53.1 Å². The summed E-state index contributed by atoms with van der Waals surface area (Å²) in [6.45, 7) is 0.422. The topological polar surface area (TPSA) is 85.3 Å². The second-order valence-corrected chi connectivity index (χ2v) is 6.50. The van der Waals surface area contributed by atoms with Gasteiger partial charge in [0.1, 0.15) is 5.75 Å². The summed E-state index contributed by atoms with van der Waals surface area (Å²) >= 11 is 0. The molecule has 7 nitrogen and oxygen atoms in total. The summed E-state index contributed by atoms with van der Waals surface area (Å²) in [6, 6.07) is 9.84.